The Morgan fingerprint density at radius 2 is 2.00 bits per heavy atom. The lowest BCUT2D eigenvalue weighted by molar-refractivity contribution is 0.0378. The van der Waals surface area contributed by atoms with Gasteiger partial charge in [0.1, 0.15) is 0 Å². The van der Waals surface area contributed by atoms with Gasteiger partial charge >= 0.3 is 0 Å². The lowest BCUT2D eigenvalue weighted by Crippen LogP contribution is -2.21. The first-order chi connectivity index (χ1) is 4.90. The van der Waals surface area contributed by atoms with E-state index in [0.717, 1.165) is 5.92 Å². The predicted molar refractivity (Wildman–Crippen MR) is 39.7 cm³/mol. The van der Waals surface area contributed by atoms with Crippen LogP contribution in [0.25, 0.3) is 0 Å². The van der Waals surface area contributed by atoms with Crippen LogP contribution < -0.4 is 5.73 Å². The molecule has 58 valence electrons. The second kappa shape index (κ2) is 2.51. The van der Waals surface area contributed by atoms with Gasteiger partial charge in [-0.05, 0) is 31.6 Å². The van der Waals surface area contributed by atoms with Crippen LogP contribution in [0.4, 0.5) is 0 Å². The van der Waals surface area contributed by atoms with E-state index in [9.17, 15) is 0 Å². The fraction of sp³-hybridized carbons (Fsp3) is 1.00. The lowest BCUT2D eigenvalue weighted by Gasteiger charge is -2.10. The van der Waals surface area contributed by atoms with E-state index in [1.165, 1.54) is 25.7 Å². The Bertz CT molecular complexity index is 122. The van der Waals surface area contributed by atoms with Gasteiger partial charge in [0.05, 0.1) is 12.2 Å². The molecule has 2 unspecified atom stereocenters. The summed E-state index contributed by atoms with van der Waals surface area (Å²) in [6, 6.07) is 0. The molecule has 0 aromatic carbocycles. The lowest BCUT2D eigenvalue weighted by atomic mass is 10.1. The maximum Gasteiger partial charge on any atom is 0.0702 e. The van der Waals surface area contributed by atoms with E-state index >= 15 is 0 Å². The summed E-state index contributed by atoms with van der Waals surface area (Å²) < 4.78 is 5.71. The van der Waals surface area contributed by atoms with Gasteiger partial charge in [0.2, 0.25) is 0 Å². The van der Waals surface area contributed by atoms with Crippen LogP contribution >= 0.6 is 0 Å². The maximum absolute atomic E-state index is 5.71. The Morgan fingerprint density at radius 1 is 1.20 bits per heavy atom. The summed E-state index contributed by atoms with van der Waals surface area (Å²) in [6.45, 7) is 0.712. The van der Waals surface area contributed by atoms with Crippen LogP contribution in [-0.4, -0.2) is 18.8 Å². The van der Waals surface area contributed by atoms with Crippen LogP contribution in [0, 0.1) is 5.92 Å². The minimum atomic E-state index is 0.380. The molecule has 0 radical (unpaired) electrons. The summed E-state index contributed by atoms with van der Waals surface area (Å²) in [5, 5.41) is 0. The molecular formula is C8H15NO. The normalized spacial score (nSPS) is 40.5. The molecule has 0 aromatic rings. The van der Waals surface area contributed by atoms with Crippen molar-refractivity contribution in [2.75, 3.05) is 6.54 Å². The van der Waals surface area contributed by atoms with Crippen LogP contribution in [0.1, 0.15) is 25.7 Å². The molecule has 2 N–H and O–H groups in total. The summed E-state index contributed by atoms with van der Waals surface area (Å²) >= 11 is 0. The van der Waals surface area contributed by atoms with E-state index in [2.05, 4.69) is 0 Å². The van der Waals surface area contributed by atoms with Gasteiger partial charge in [-0.2, -0.15) is 0 Å². The van der Waals surface area contributed by atoms with E-state index < -0.39 is 0 Å². The molecule has 2 nitrogen and oxygen atoms in total. The van der Waals surface area contributed by atoms with E-state index in [-0.39, 0.29) is 0 Å². The zero-order chi connectivity index (χ0) is 6.97. The third-order valence-electron chi connectivity index (χ3n) is 2.55. The Hall–Kier alpha value is -0.0800. The van der Waals surface area contributed by atoms with Gasteiger partial charge < -0.3 is 10.5 Å². The second-order valence-corrected chi connectivity index (χ2v) is 3.45. The maximum atomic E-state index is 5.71. The quantitative estimate of drug-likeness (QED) is 0.620. The summed E-state index contributed by atoms with van der Waals surface area (Å²) in [6.07, 6.45) is 6.19. The van der Waals surface area contributed by atoms with E-state index in [1.807, 2.05) is 0 Å². The van der Waals surface area contributed by atoms with Gasteiger partial charge in [-0.25, -0.2) is 0 Å². The first kappa shape index (κ1) is 6.62. The minimum absolute atomic E-state index is 0.380. The highest BCUT2D eigenvalue weighted by Crippen LogP contribution is 2.39. The molecular weight excluding hydrogens is 126 g/mol. The molecule has 1 heterocycles. The number of nitrogens with two attached hydrogens (primary N) is 1. The summed E-state index contributed by atoms with van der Waals surface area (Å²) in [5.74, 6) is 0.900. The molecule has 2 fully saturated rings. The molecule has 1 saturated carbocycles. The van der Waals surface area contributed by atoms with Crippen LogP contribution in [0.5, 0.6) is 0 Å². The smallest absolute Gasteiger partial charge is 0.0702 e. The third-order valence-corrected chi connectivity index (χ3v) is 2.55. The molecule has 2 atom stereocenters. The van der Waals surface area contributed by atoms with Gasteiger partial charge in [-0.15, -0.1) is 0 Å². The van der Waals surface area contributed by atoms with Crippen molar-refractivity contribution < 1.29 is 4.74 Å². The fourth-order valence-corrected chi connectivity index (χ4v) is 1.72. The molecule has 0 aromatic heterocycles. The summed E-state index contributed by atoms with van der Waals surface area (Å²) in [7, 11) is 0. The topological polar surface area (TPSA) is 35.2 Å². The SMILES string of the molecule is NCC1CCC(C2CC2)O1. The Labute approximate surface area is 61.7 Å². The van der Waals surface area contributed by atoms with Crippen molar-refractivity contribution in [3.63, 3.8) is 0 Å². The molecule has 2 rings (SSSR count). The predicted octanol–water partition coefficient (Wildman–Crippen LogP) is 0.903. The molecule has 1 saturated heterocycles. The largest absolute Gasteiger partial charge is 0.373 e. The fourth-order valence-electron chi connectivity index (χ4n) is 1.72. The van der Waals surface area contributed by atoms with E-state index in [1.54, 1.807) is 0 Å². The molecule has 2 heteroatoms. The zero-order valence-corrected chi connectivity index (χ0v) is 6.25. The van der Waals surface area contributed by atoms with Crippen molar-refractivity contribution in [3.05, 3.63) is 0 Å². The van der Waals surface area contributed by atoms with Crippen molar-refractivity contribution in [1.29, 1.82) is 0 Å². The van der Waals surface area contributed by atoms with Gasteiger partial charge in [-0.1, -0.05) is 0 Å². The summed E-state index contributed by atoms with van der Waals surface area (Å²) in [5.41, 5.74) is 5.49. The summed E-state index contributed by atoms with van der Waals surface area (Å²) in [4.78, 5) is 0. The first-order valence-electron chi connectivity index (χ1n) is 4.25. The number of hydrogen-bond donors (Lipinski definition) is 1. The average Bonchev–Trinajstić information content (AvgIpc) is 2.70. The van der Waals surface area contributed by atoms with Crippen LogP contribution in [0.2, 0.25) is 0 Å². The highest BCUT2D eigenvalue weighted by atomic mass is 16.5. The van der Waals surface area contributed by atoms with Crippen LogP contribution in [0.15, 0.2) is 0 Å². The molecule has 0 bridgehead atoms. The zero-order valence-electron chi connectivity index (χ0n) is 6.25. The molecule has 0 amide bonds. The molecule has 1 aliphatic carbocycles. The average molecular weight is 141 g/mol. The van der Waals surface area contributed by atoms with Gasteiger partial charge in [0, 0.05) is 6.54 Å². The van der Waals surface area contributed by atoms with Crippen molar-refractivity contribution in [3.8, 4) is 0 Å². The monoisotopic (exact) mass is 141 g/mol. The standard InChI is InChI=1S/C8H15NO/c9-5-7-3-4-8(10-7)6-1-2-6/h6-8H,1-5,9H2. The van der Waals surface area contributed by atoms with Crippen molar-refractivity contribution in [2.45, 2.75) is 37.9 Å². The molecule has 0 spiro atoms. The Balaban J connectivity index is 1.81. The molecule has 10 heavy (non-hydrogen) atoms. The van der Waals surface area contributed by atoms with Crippen LogP contribution in [-0.2, 0) is 4.74 Å². The number of hydrogen-bond acceptors (Lipinski definition) is 2. The highest BCUT2D eigenvalue weighted by molar-refractivity contribution is 4.87. The van der Waals surface area contributed by atoms with Gasteiger partial charge in [-0.3, -0.25) is 0 Å². The Kier molecular flexibility index (Phi) is 1.66. The second-order valence-electron chi connectivity index (χ2n) is 3.45. The van der Waals surface area contributed by atoms with E-state index in [0.29, 0.717) is 18.8 Å². The first-order valence-corrected chi connectivity index (χ1v) is 4.25. The number of rotatable bonds is 2. The highest BCUT2D eigenvalue weighted by Gasteiger charge is 2.36. The molecule has 2 aliphatic rings. The van der Waals surface area contributed by atoms with E-state index in [4.69, 9.17) is 10.5 Å². The van der Waals surface area contributed by atoms with Gasteiger partial charge in [0.25, 0.3) is 0 Å². The van der Waals surface area contributed by atoms with Crippen molar-refractivity contribution in [2.24, 2.45) is 11.7 Å². The minimum Gasteiger partial charge on any atom is -0.373 e. The Morgan fingerprint density at radius 3 is 2.50 bits per heavy atom. The van der Waals surface area contributed by atoms with Crippen molar-refractivity contribution >= 4 is 0 Å². The number of ether oxygens (including phenoxy) is 1. The van der Waals surface area contributed by atoms with Crippen LogP contribution in [0.3, 0.4) is 0 Å². The third kappa shape index (κ3) is 1.18. The van der Waals surface area contributed by atoms with Gasteiger partial charge in [0.15, 0.2) is 0 Å². The molecule has 1 aliphatic heterocycles. The van der Waals surface area contributed by atoms with Crippen molar-refractivity contribution in [1.82, 2.24) is 0 Å².